The molecule has 22 heavy (non-hydrogen) atoms. The average molecular weight is 292 g/mol. The molecule has 3 rings (SSSR count). The third-order valence-corrected chi connectivity index (χ3v) is 3.80. The third kappa shape index (κ3) is 2.84. The Hall–Kier alpha value is -2.68. The van der Waals surface area contributed by atoms with Gasteiger partial charge < -0.3 is 4.42 Å². The van der Waals surface area contributed by atoms with Gasteiger partial charge in [0.25, 0.3) is 0 Å². The van der Waals surface area contributed by atoms with E-state index >= 15 is 0 Å². The van der Waals surface area contributed by atoms with Crippen molar-refractivity contribution in [1.82, 2.24) is 0 Å². The van der Waals surface area contributed by atoms with Crippen molar-refractivity contribution in [2.75, 3.05) is 0 Å². The minimum absolute atomic E-state index is 0.0100. The number of hydrogen-bond donors (Lipinski definition) is 0. The molecule has 0 aliphatic rings. The number of Topliss-reactive ketones (excluding diaryl/α,β-unsaturated/α-hetero) is 2. The number of carbonyl (C=O) groups excluding carboxylic acids is 2. The van der Waals surface area contributed by atoms with Crippen LogP contribution in [0.1, 0.15) is 39.1 Å². The molecule has 1 aromatic heterocycles. The van der Waals surface area contributed by atoms with E-state index < -0.39 is 0 Å². The zero-order chi connectivity index (χ0) is 15.5. The topological polar surface area (TPSA) is 47.3 Å². The van der Waals surface area contributed by atoms with Crippen molar-refractivity contribution in [3.63, 3.8) is 0 Å². The summed E-state index contributed by atoms with van der Waals surface area (Å²) in [5.74, 6) is -0.0131. The van der Waals surface area contributed by atoms with E-state index in [1.807, 2.05) is 31.2 Å². The molecule has 0 N–H and O–H groups in total. The lowest BCUT2D eigenvalue weighted by atomic mass is 9.98. The van der Waals surface area contributed by atoms with Crippen LogP contribution in [-0.2, 0) is 0 Å². The average Bonchev–Trinajstić information content (AvgIpc) is 3.00. The van der Waals surface area contributed by atoms with Gasteiger partial charge in [0.1, 0.15) is 5.58 Å². The van der Waals surface area contributed by atoms with Gasteiger partial charge in [-0.2, -0.15) is 0 Å². The largest absolute Gasteiger partial charge is 0.464 e. The molecule has 3 heteroatoms. The molecule has 3 nitrogen and oxygen atoms in total. The Balaban J connectivity index is 1.69. The zero-order valence-electron chi connectivity index (χ0n) is 12.3. The Labute approximate surface area is 128 Å². The van der Waals surface area contributed by atoms with Crippen LogP contribution in [0.4, 0.5) is 0 Å². The maximum absolute atomic E-state index is 12.2. The van der Waals surface area contributed by atoms with E-state index in [1.54, 1.807) is 30.5 Å². The van der Waals surface area contributed by atoms with Crippen LogP contribution in [0, 0.1) is 6.92 Å². The van der Waals surface area contributed by atoms with Gasteiger partial charge in [0.15, 0.2) is 11.6 Å². The molecule has 0 bridgehead atoms. The fraction of sp³-hybridized carbons (Fsp3) is 0.158. The van der Waals surface area contributed by atoms with E-state index in [0.717, 1.165) is 16.5 Å². The van der Waals surface area contributed by atoms with Gasteiger partial charge in [-0.1, -0.05) is 24.3 Å². The van der Waals surface area contributed by atoms with Gasteiger partial charge in [-0.25, -0.2) is 0 Å². The first kappa shape index (κ1) is 14.3. The predicted octanol–water partition coefficient (Wildman–Crippen LogP) is 4.59. The minimum atomic E-state index is -0.0231. The van der Waals surface area contributed by atoms with Crippen LogP contribution in [0.2, 0.25) is 0 Å². The molecular formula is C19H16O3. The molecule has 0 aliphatic heterocycles. The summed E-state index contributed by atoms with van der Waals surface area (Å²) in [6, 6.07) is 14.6. The van der Waals surface area contributed by atoms with Crippen molar-refractivity contribution in [3.05, 3.63) is 71.5 Å². The van der Waals surface area contributed by atoms with Gasteiger partial charge in [0, 0.05) is 29.4 Å². The highest BCUT2D eigenvalue weighted by Gasteiger charge is 2.13. The summed E-state index contributed by atoms with van der Waals surface area (Å²) in [6.07, 6.45) is 2.05. The fourth-order valence-electron chi connectivity index (χ4n) is 2.53. The summed E-state index contributed by atoms with van der Waals surface area (Å²) in [5, 5.41) is 0.899. The summed E-state index contributed by atoms with van der Waals surface area (Å²) in [6.45, 7) is 1.90. The molecule has 0 radical (unpaired) electrons. The van der Waals surface area contributed by atoms with Gasteiger partial charge >= 0.3 is 0 Å². The Bertz CT molecular complexity index is 843. The Morgan fingerprint density at radius 1 is 0.955 bits per heavy atom. The number of fused-ring (bicyclic) bond motifs is 1. The normalized spacial score (nSPS) is 10.8. The highest BCUT2D eigenvalue weighted by atomic mass is 16.3. The van der Waals surface area contributed by atoms with Gasteiger partial charge in [-0.05, 0) is 36.8 Å². The second-order valence-electron chi connectivity index (χ2n) is 5.33. The summed E-state index contributed by atoms with van der Waals surface area (Å²) < 4.78 is 5.26. The van der Waals surface area contributed by atoms with E-state index in [9.17, 15) is 9.59 Å². The van der Waals surface area contributed by atoms with E-state index in [-0.39, 0.29) is 24.4 Å². The third-order valence-electron chi connectivity index (χ3n) is 3.80. The molecule has 0 saturated carbocycles. The Kier molecular flexibility index (Phi) is 3.88. The van der Waals surface area contributed by atoms with E-state index in [2.05, 4.69) is 0 Å². The van der Waals surface area contributed by atoms with Crippen molar-refractivity contribution in [2.45, 2.75) is 19.8 Å². The monoisotopic (exact) mass is 292 g/mol. The molecule has 110 valence electrons. The molecule has 2 aromatic carbocycles. The molecule has 0 unspecified atom stereocenters. The van der Waals surface area contributed by atoms with Gasteiger partial charge in [0.2, 0.25) is 0 Å². The van der Waals surface area contributed by atoms with Crippen LogP contribution >= 0.6 is 0 Å². The van der Waals surface area contributed by atoms with Crippen molar-refractivity contribution in [2.24, 2.45) is 0 Å². The Morgan fingerprint density at radius 2 is 1.73 bits per heavy atom. The molecule has 0 spiro atoms. The maximum Gasteiger partial charge on any atom is 0.163 e. The lowest BCUT2D eigenvalue weighted by Gasteiger charge is -2.04. The quantitative estimate of drug-likeness (QED) is 0.646. The summed E-state index contributed by atoms with van der Waals surface area (Å²) in [7, 11) is 0. The molecule has 0 aliphatic carbocycles. The van der Waals surface area contributed by atoms with Crippen molar-refractivity contribution < 1.29 is 14.0 Å². The SMILES string of the molecule is Cc1ccccc1C(=O)CCC(=O)c1ccc2occc2c1. The van der Waals surface area contributed by atoms with Gasteiger partial charge in [-0.3, -0.25) is 9.59 Å². The molecule has 0 fully saturated rings. The van der Waals surface area contributed by atoms with Crippen LogP contribution < -0.4 is 0 Å². The second-order valence-corrected chi connectivity index (χ2v) is 5.33. The lowest BCUT2D eigenvalue weighted by Crippen LogP contribution is -2.06. The molecule has 3 aromatic rings. The van der Waals surface area contributed by atoms with Crippen molar-refractivity contribution >= 4 is 22.5 Å². The first-order valence-electron chi connectivity index (χ1n) is 7.24. The number of ketones is 2. The number of benzene rings is 2. The highest BCUT2D eigenvalue weighted by Crippen LogP contribution is 2.19. The molecule has 0 amide bonds. The van der Waals surface area contributed by atoms with Crippen molar-refractivity contribution in [1.29, 1.82) is 0 Å². The van der Waals surface area contributed by atoms with Crippen LogP contribution in [0.25, 0.3) is 11.0 Å². The molecule has 1 heterocycles. The number of aryl methyl sites for hydroxylation is 1. The molecule has 0 saturated heterocycles. The molecule has 0 atom stereocenters. The highest BCUT2D eigenvalue weighted by molar-refractivity contribution is 6.03. The number of rotatable bonds is 5. The molecular weight excluding hydrogens is 276 g/mol. The van der Waals surface area contributed by atoms with Crippen LogP contribution in [0.5, 0.6) is 0 Å². The minimum Gasteiger partial charge on any atom is -0.464 e. The zero-order valence-corrected chi connectivity index (χ0v) is 12.3. The van der Waals surface area contributed by atoms with Gasteiger partial charge in [-0.15, -0.1) is 0 Å². The van der Waals surface area contributed by atoms with Crippen LogP contribution in [0.15, 0.2) is 59.2 Å². The fourth-order valence-corrected chi connectivity index (χ4v) is 2.53. The standard InChI is InChI=1S/C19H16O3/c1-13-4-2-3-5-16(13)18(21)8-7-17(20)14-6-9-19-15(12-14)10-11-22-19/h2-6,9-12H,7-8H2,1H3. The summed E-state index contributed by atoms with van der Waals surface area (Å²) >= 11 is 0. The number of furan rings is 1. The van der Waals surface area contributed by atoms with Gasteiger partial charge in [0.05, 0.1) is 6.26 Å². The van der Waals surface area contributed by atoms with E-state index in [4.69, 9.17) is 4.42 Å². The lowest BCUT2D eigenvalue weighted by molar-refractivity contribution is 0.0917. The first-order valence-corrected chi connectivity index (χ1v) is 7.24. The van der Waals surface area contributed by atoms with Crippen LogP contribution in [0.3, 0.4) is 0 Å². The summed E-state index contributed by atoms with van der Waals surface area (Å²) in [4.78, 5) is 24.5. The van der Waals surface area contributed by atoms with Crippen molar-refractivity contribution in [3.8, 4) is 0 Å². The Morgan fingerprint density at radius 3 is 2.55 bits per heavy atom. The van der Waals surface area contributed by atoms with E-state index in [1.165, 1.54) is 0 Å². The van der Waals surface area contributed by atoms with E-state index in [0.29, 0.717) is 11.1 Å². The van der Waals surface area contributed by atoms with Crippen LogP contribution in [-0.4, -0.2) is 11.6 Å². The number of carbonyl (C=O) groups is 2. The second kappa shape index (κ2) is 5.98. The number of hydrogen-bond acceptors (Lipinski definition) is 3. The smallest absolute Gasteiger partial charge is 0.163 e. The maximum atomic E-state index is 12.2. The first-order chi connectivity index (χ1) is 10.6. The summed E-state index contributed by atoms with van der Waals surface area (Å²) in [5.41, 5.74) is 3.01. The predicted molar refractivity (Wildman–Crippen MR) is 85.3 cm³/mol.